The van der Waals surface area contributed by atoms with E-state index >= 15 is 0 Å². The second-order valence-corrected chi connectivity index (χ2v) is 3.23. The zero-order chi connectivity index (χ0) is 7.78. The molecular formula is C6H11NO3. The van der Waals surface area contributed by atoms with Crippen molar-refractivity contribution in [2.75, 3.05) is 6.61 Å². The fourth-order valence-corrected chi connectivity index (χ4v) is 0.818. The molecule has 0 N–H and O–H groups in total. The van der Waals surface area contributed by atoms with Crippen LogP contribution in [0.3, 0.4) is 0 Å². The summed E-state index contributed by atoms with van der Waals surface area (Å²) < 4.78 is 4.89. The second kappa shape index (κ2) is 2.20. The van der Waals surface area contributed by atoms with Gasteiger partial charge >= 0.3 is 0 Å². The Morgan fingerprint density at radius 3 is 2.60 bits per heavy atom. The highest BCUT2D eigenvalue weighted by Crippen LogP contribution is 2.24. The third kappa shape index (κ3) is 1.67. The molecule has 4 heteroatoms. The lowest BCUT2D eigenvalue weighted by Crippen LogP contribution is -2.32. The van der Waals surface area contributed by atoms with Crippen molar-refractivity contribution < 1.29 is 9.66 Å². The Bertz CT molecular complexity index is 151. The average Bonchev–Trinajstić information content (AvgIpc) is 2.48. The Labute approximate surface area is 59.3 Å². The highest BCUT2D eigenvalue weighted by molar-refractivity contribution is 4.79. The minimum Gasteiger partial charge on any atom is -0.373 e. The fraction of sp³-hybridized carbons (Fsp3) is 1.00. The van der Waals surface area contributed by atoms with Crippen LogP contribution in [0.5, 0.6) is 0 Å². The van der Waals surface area contributed by atoms with E-state index in [0.29, 0.717) is 13.0 Å². The van der Waals surface area contributed by atoms with Gasteiger partial charge in [0, 0.05) is 25.2 Å². The topological polar surface area (TPSA) is 55.7 Å². The Morgan fingerprint density at radius 1 is 1.80 bits per heavy atom. The van der Waals surface area contributed by atoms with Gasteiger partial charge in [0.25, 0.3) is 0 Å². The first-order chi connectivity index (χ1) is 4.52. The average molecular weight is 145 g/mol. The van der Waals surface area contributed by atoms with E-state index in [1.54, 1.807) is 13.8 Å². The fourth-order valence-electron chi connectivity index (χ4n) is 0.818. The van der Waals surface area contributed by atoms with Gasteiger partial charge in [0.05, 0.1) is 12.7 Å². The molecule has 58 valence electrons. The summed E-state index contributed by atoms with van der Waals surface area (Å²) in [6.07, 6.45) is 0.667. The zero-order valence-electron chi connectivity index (χ0n) is 6.16. The molecule has 0 amide bonds. The summed E-state index contributed by atoms with van der Waals surface area (Å²) in [5, 5.41) is 10.3. The number of ether oxygens (including phenoxy) is 1. The molecule has 1 aliphatic rings. The van der Waals surface area contributed by atoms with Gasteiger partial charge in [0.1, 0.15) is 0 Å². The first kappa shape index (κ1) is 7.47. The van der Waals surface area contributed by atoms with Crippen molar-refractivity contribution in [3.8, 4) is 0 Å². The van der Waals surface area contributed by atoms with E-state index in [2.05, 4.69) is 0 Å². The number of nitro groups is 1. The zero-order valence-corrected chi connectivity index (χ0v) is 6.16. The molecule has 1 saturated heterocycles. The van der Waals surface area contributed by atoms with Crippen molar-refractivity contribution in [2.45, 2.75) is 31.9 Å². The van der Waals surface area contributed by atoms with Crippen LogP contribution in [0.15, 0.2) is 0 Å². The molecule has 0 aromatic rings. The van der Waals surface area contributed by atoms with E-state index in [1.807, 2.05) is 0 Å². The third-order valence-electron chi connectivity index (χ3n) is 1.62. The lowest BCUT2D eigenvalue weighted by Gasteiger charge is -2.12. The van der Waals surface area contributed by atoms with Gasteiger partial charge in [-0.2, -0.15) is 0 Å². The molecule has 1 atom stereocenters. The molecule has 0 bridgehead atoms. The molecule has 0 aliphatic carbocycles. The Kier molecular flexibility index (Phi) is 1.64. The van der Waals surface area contributed by atoms with E-state index in [1.165, 1.54) is 0 Å². The van der Waals surface area contributed by atoms with Crippen molar-refractivity contribution in [2.24, 2.45) is 0 Å². The van der Waals surface area contributed by atoms with E-state index < -0.39 is 5.54 Å². The summed E-state index contributed by atoms with van der Waals surface area (Å²) in [6.45, 7) is 3.93. The minimum atomic E-state index is -0.818. The lowest BCUT2D eigenvalue weighted by atomic mass is 10.0. The van der Waals surface area contributed by atoms with Gasteiger partial charge in [0.15, 0.2) is 0 Å². The van der Waals surface area contributed by atoms with Gasteiger partial charge in [-0.1, -0.05) is 0 Å². The maximum atomic E-state index is 10.3. The van der Waals surface area contributed by atoms with Crippen LogP contribution in [0.25, 0.3) is 0 Å². The van der Waals surface area contributed by atoms with Crippen LogP contribution in [0.2, 0.25) is 0 Å². The molecule has 1 heterocycles. The maximum Gasteiger partial charge on any atom is 0.219 e. The number of nitrogens with zero attached hydrogens (tertiary/aromatic N) is 1. The van der Waals surface area contributed by atoms with Gasteiger partial charge in [0.2, 0.25) is 5.54 Å². The first-order valence-corrected chi connectivity index (χ1v) is 3.28. The highest BCUT2D eigenvalue weighted by Gasteiger charge is 2.39. The monoisotopic (exact) mass is 145 g/mol. The molecule has 0 radical (unpaired) electrons. The maximum absolute atomic E-state index is 10.3. The molecule has 1 aliphatic heterocycles. The Hall–Kier alpha value is -0.640. The molecule has 0 aromatic carbocycles. The largest absolute Gasteiger partial charge is 0.373 e. The predicted octanol–water partition coefficient (Wildman–Crippen LogP) is 0.831. The summed E-state index contributed by atoms with van der Waals surface area (Å²) in [4.78, 5) is 10.1. The summed E-state index contributed by atoms with van der Waals surface area (Å²) in [5.74, 6) is 0. The van der Waals surface area contributed by atoms with E-state index in [9.17, 15) is 10.1 Å². The quantitative estimate of drug-likeness (QED) is 0.336. The third-order valence-corrected chi connectivity index (χ3v) is 1.62. The van der Waals surface area contributed by atoms with E-state index in [4.69, 9.17) is 4.74 Å². The number of hydrogen-bond donors (Lipinski definition) is 0. The van der Waals surface area contributed by atoms with Crippen molar-refractivity contribution in [3.63, 3.8) is 0 Å². The smallest absolute Gasteiger partial charge is 0.219 e. The Balaban J connectivity index is 2.40. The van der Waals surface area contributed by atoms with Crippen molar-refractivity contribution >= 4 is 0 Å². The van der Waals surface area contributed by atoms with Crippen LogP contribution >= 0.6 is 0 Å². The summed E-state index contributed by atoms with van der Waals surface area (Å²) in [7, 11) is 0. The van der Waals surface area contributed by atoms with Crippen LogP contribution in [-0.2, 0) is 4.74 Å². The van der Waals surface area contributed by atoms with Crippen LogP contribution in [0, 0.1) is 10.1 Å². The molecule has 0 spiro atoms. The minimum absolute atomic E-state index is 0.139. The summed E-state index contributed by atoms with van der Waals surface area (Å²) in [6, 6.07) is 0. The van der Waals surface area contributed by atoms with Gasteiger partial charge in [-0.15, -0.1) is 0 Å². The summed E-state index contributed by atoms with van der Waals surface area (Å²) >= 11 is 0. The number of rotatable bonds is 3. The van der Waals surface area contributed by atoms with Crippen LogP contribution in [0.1, 0.15) is 20.3 Å². The lowest BCUT2D eigenvalue weighted by molar-refractivity contribution is -0.561. The predicted molar refractivity (Wildman–Crippen MR) is 35.4 cm³/mol. The second-order valence-electron chi connectivity index (χ2n) is 3.23. The molecule has 10 heavy (non-hydrogen) atoms. The SMILES string of the molecule is CC(C)(CC1CO1)[N+](=O)[O-]. The van der Waals surface area contributed by atoms with Crippen molar-refractivity contribution in [3.05, 3.63) is 10.1 Å². The molecular weight excluding hydrogens is 134 g/mol. The molecule has 1 rings (SSSR count). The molecule has 0 aromatic heterocycles. The van der Waals surface area contributed by atoms with Gasteiger partial charge in [-0.05, 0) is 0 Å². The van der Waals surface area contributed by atoms with Crippen LogP contribution in [-0.4, -0.2) is 23.2 Å². The van der Waals surface area contributed by atoms with Crippen molar-refractivity contribution in [1.29, 1.82) is 0 Å². The Morgan fingerprint density at radius 2 is 2.30 bits per heavy atom. The van der Waals surface area contributed by atoms with Crippen molar-refractivity contribution in [1.82, 2.24) is 0 Å². The highest BCUT2D eigenvalue weighted by atomic mass is 16.6. The van der Waals surface area contributed by atoms with Crippen LogP contribution in [0.4, 0.5) is 0 Å². The van der Waals surface area contributed by atoms with Crippen LogP contribution < -0.4 is 0 Å². The number of epoxide rings is 1. The van der Waals surface area contributed by atoms with E-state index in [0.717, 1.165) is 0 Å². The standard InChI is InChI=1S/C6H11NO3/c1-6(2,7(8)9)3-5-4-10-5/h5H,3-4H2,1-2H3. The van der Waals surface area contributed by atoms with Gasteiger partial charge in [-0.3, -0.25) is 10.1 Å². The normalized spacial score (nSPS) is 24.4. The van der Waals surface area contributed by atoms with Gasteiger partial charge in [-0.25, -0.2) is 0 Å². The number of hydrogen-bond acceptors (Lipinski definition) is 3. The molecule has 1 fully saturated rings. The van der Waals surface area contributed by atoms with E-state index in [-0.39, 0.29) is 11.0 Å². The van der Waals surface area contributed by atoms with Gasteiger partial charge < -0.3 is 4.74 Å². The first-order valence-electron chi connectivity index (χ1n) is 3.28. The molecule has 4 nitrogen and oxygen atoms in total. The molecule has 1 unspecified atom stereocenters. The molecule has 0 saturated carbocycles. The summed E-state index contributed by atoms with van der Waals surface area (Å²) in [5.41, 5.74) is -0.818.